The van der Waals surface area contributed by atoms with Gasteiger partial charge in [-0.25, -0.2) is 9.97 Å². The Morgan fingerprint density at radius 3 is 3.15 bits per heavy atom. The predicted octanol–water partition coefficient (Wildman–Crippen LogP) is 3.36. The number of hydrogen-bond donors (Lipinski definition) is 0. The van der Waals surface area contributed by atoms with Crippen LogP contribution in [0.15, 0.2) is 21.3 Å². The number of likely N-dealkylation sites (tertiary alicyclic amines) is 1. The van der Waals surface area contributed by atoms with E-state index in [1.165, 1.54) is 11.8 Å². The summed E-state index contributed by atoms with van der Waals surface area (Å²) in [5.41, 5.74) is 1.02. The standard InChI is InChI=1S/C13H15N3OS3/c1-9-7-19-13(15-9)20-8-11(17)16-5-2-3-10(16)12-14-4-6-18-12/h4,6-7,10H,2-3,5,8H2,1H3. The van der Waals surface area contributed by atoms with Gasteiger partial charge in [-0.3, -0.25) is 4.79 Å². The minimum absolute atomic E-state index is 0.182. The summed E-state index contributed by atoms with van der Waals surface area (Å²) in [6.07, 6.45) is 3.91. The zero-order chi connectivity index (χ0) is 13.9. The van der Waals surface area contributed by atoms with Crippen molar-refractivity contribution in [2.75, 3.05) is 12.3 Å². The fourth-order valence-electron chi connectivity index (χ4n) is 2.33. The highest BCUT2D eigenvalue weighted by Gasteiger charge is 2.31. The molecule has 1 unspecified atom stereocenters. The van der Waals surface area contributed by atoms with E-state index in [0.717, 1.165) is 34.4 Å². The molecule has 1 aliphatic heterocycles. The molecule has 2 aromatic rings. The Labute approximate surface area is 130 Å². The average Bonchev–Trinajstić information content (AvgIpc) is 3.16. The molecule has 1 atom stereocenters. The van der Waals surface area contributed by atoms with Gasteiger partial charge in [0.05, 0.1) is 11.8 Å². The number of hydrogen-bond acceptors (Lipinski definition) is 6. The minimum Gasteiger partial charge on any atom is -0.332 e. The number of carbonyl (C=O) groups is 1. The highest BCUT2D eigenvalue weighted by Crippen LogP contribution is 2.34. The van der Waals surface area contributed by atoms with Crippen molar-refractivity contribution in [3.05, 3.63) is 27.7 Å². The van der Waals surface area contributed by atoms with Crippen LogP contribution < -0.4 is 0 Å². The second-order valence-corrected chi connectivity index (χ2v) is 7.67. The molecule has 0 radical (unpaired) electrons. The molecule has 1 saturated heterocycles. The van der Waals surface area contributed by atoms with E-state index in [2.05, 4.69) is 9.97 Å². The number of amides is 1. The Bertz CT molecular complexity index is 581. The first-order chi connectivity index (χ1) is 9.74. The van der Waals surface area contributed by atoms with E-state index in [4.69, 9.17) is 0 Å². The van der Waals surface area contributed by atoms with Gasteiger partial charge in [0.2, 0.25) is 5.91 Å². The number of thiazole rings is 2. The smallest absolute Gasteiger partial charge is 0.233 e. The molecule has 2 aromatic heterocycles. The summed E-state index contributed by atoms with van der Waals surface area (Å²) in [7, 11) is 0. The lowest BCUT2D eigenvalue weighted by Gasteiger charge is -2.22. The van der Waals surface area contributed by atoms with Gasteiger partial charge >= 0.3 is 0 Å². The maximum absolute atomic E-state index is 12.4. The van der Waals surface area contributed by atoms with E-state index in [-0.39, 0.29) is 11.9 Å². The molecule has 1 aliphatic rings. The van der Waals surface area contributed by atoms with Crippen LogP contribution in [0, 0.1) is 6.92 Å². The first kappa shape index (κ1) is 14.0. The van der Waals surface area contributed by atoms with Crippen LogP contribution in [0.4, 0.5) is 0 Å². The van der Waals surface area contributed by atoms with E-state index >= 15 is 0 Å². The number of aromatic nitrogens is 2. The van der Waals surface area contributed by atoms with Crippen molar-refractivity contribution in [3.8, 4) is 0 Å². The van der Waals surface area contributed by atoms with Crippen molar-refractivity contribution in [1.82, 2.24) is 14.9 Å². The molecule has 106 valence electrons. The van der Waals surface area contributed by atoms with E-state index in [1.807, 2.05) is 28.8 Å². The Morgan fingerprint density at radius 1 is 1.55 bits per heavy atom. The van der Waals surface area contributed by atoms with Crippen molar-refractivity contribution in [3.63, 3.8) is 0 Å². The van der Waals surface area contributed by atoms with Gasteiger partial charge in [0.1, 0.15) is 5.01 Å². The van der Waals surface area contributed by atoms with Crippen molar-refractivity contribution >= 4 is 40.3 Å². The molecule has 0 bridgehead atoms. The molecular weight excluding hydrogens is 310 g/mol. The van der Waals surface area contributed by atoms with Gasteiger partial charge in [0, 0.05) is 29.2 Å². The summed E-state index contributed by atoms with van der Waals surface area (Å²) in [5.74, 6) is 0.662. The van der Waals surface area contributed by atoms with Crippen LogP contribution in [-0.2, 0) is 4.79 Å². The first-order valence-corrected chi connectivity index (χ1v) is 9.22. The first-order valence-electron chi connectivity index (χ1n) is 6.48. The molecule has 3 heterocycles. The zero-order valence-corrected chi connectivity index (χ0v) is 13.6. The number of nitrogens with zero attached hydrogens (tertiary/aromatic N) is 3. The van der Waals surface area contributed by atoms with Gasteiger partial charge in [-0.05, 0) is 19.8 Å². The van der Waals surface area contributed by atoms with Gasteiger partial charge in [0.15, 0.2) is 4.34 Å². The minimum atomic E-state index is 0.182. The van der Waals surface area contributed by atoms with Crippen molar-refractivity contribution < 1.29 is 4.79 Å². The molecule has 3 rings (SSSR count). The van der Waals surface area contributed by atoms with E-state index in [1.54, 1.807) is 22.7 Å². The summed E-state index contributed by atoms with van der Waals surface area (Å²) in [6, 6.07) is 0.182. The van der Waals surface area contributed by atoms with Crippen molar-refractivity contribution in [2.24, 2.45) is 0 Å². The largest absolute Gasteiger partial charge is 0.332 e. The molecule has 4 nitrogen and oxygen atoms in total. The Morgan fingerprint density at radius 2 is 2.45 bits per heavy atom. The van der Waals surface area contributed by atoms with Crippen LogP contribution in [0.5, 0.6) is 0 Å². The van der Waals surface area contributed by atoms with E-state index in [9.17, 15) is 4.79 Å². The van der Waals surface area contributed by atoms with Crippen LogP contribution in [0.1, 0.15) is 29.6 Å². The SMILES string of the molecule is Cc1csc(SCC(=O)N2CCCC2c2nccs2)n1. The van der Waals surface area contributed by atoms with Crippen molar-refractivity contribution in [2.45, 2.75) is 30.1 Å². The number of carbonyl (C=O) groups excluding carboxylic acids is 1. The molecule has 0 saturated carbocycles. The lowest BCUT2D eigenvalue weighted by atomic mass is 10.2. The fraction of sp³-hybridized carbons (Fsp3) is 0.462. The third-order valence-corrected chi connectivity index (χ3v) is 6.23. The molecule has 1 fully saturated rings. The summed E-state index contributed by atoms with van der Waals surface area (Å²) >= 11 is 4.78. The maximum Gasteiger partial charge on any atom is 0.233 e. The lowest BCUT2D eigenvalue weighted by molar-refractivity contribution is -0.129. The van der Waals surface area contributed by atoms with Crippen LogP contribution >= 0.6 is 34.4 Å². The van der Waals surface area contributed by atoms with E-state index in [0.29, 0.717) is 5.75 Å². The Balaban J connectivity index is 1.61. The van der Waals surface area contributed by atoms with Crippen LogP contribution in [0.2, 0.25) is 0 Å². The topological polar surface area (TPSA) is 46.1 Å². The average molecular weight is 325 g/mol. The number of aryl methyl sites for hydroxylation is 1. The Kier molecular flexibility index (Phi) is 4.38. The summed E-state index contributed by atoms with van der Waals surface area (Å²) in [4.78, 5) is 23.1. The van der Waals surface area contributed by atoms with Crippen LogP contribution in [0.3, 0.4) is 0 Å². The molecule has 0 spiro atoms. The summed E-state index contributed by atoms with van der Waals surface area (Å²) < 4.78 is 0.973. The zero-order valence-electron chi connectivity index (χ0n) is 11.1. The third-order valence-electron chi connectivity index (χ3n) is 3.23. The highest BCUT2D eigenvalue weighted by molar-refractivity contribution is 8.01. The maximum atomic E-state index is 12.4. The summed E-state index contributed by atoms with van der Waals surface area (Å²) in [5, 5.41) is 5.05. The molecule has 0 N–H and O–H groups in total. The quantitative estimate of drug-likeness (QED) is 0.809. The monoisotopic (exact) mass is 325 g/mol. The molecule has 0 aliphatic carbocycles. The summed E-state index contributed by atoms with van der Waals surface area (Å²) in [6.45, 7) is 2.82. The second-order valence-electron chi connectivity index (χ2n) is 4.66. The number of thioether (sulfide) groups is 1. The molecular formula is C13H15N3OS3. The lowest BCUT2D eigenvalue weighted by Crippen LogP contribution is -2.31. The highest BCUT2D eigenvalue weighted by atomic mass is 32.2. The van der Waals surface area contributed by atoms with Gasteiger partial charge in [0.25, 0.3) is 0 Å². The number of rotatable bonds is 4. The van der Waals surface area contributed by atoms with Gasteiger partial charge in [-0.15, -0.1) is 22.7 Å². The van der Waals surface area contributed by atoms with Gasteiger partial charge < -0.3 is 4.90 Å². The fourth-order valence-corrected chi connectivity index (χ4v) is 4.85. The van der Waals surface area contributed by atoms with Crippen LogP contribution in [0.25, 0.3) is 0 Å². The Hall–Kier alpha value is -0.920. The van der Waals surface area contributed by atoms with E-state index < -0.39 is 0 Å². The van der Waals surface area contributed by atoms with Crippen LogP contribution in [-0.4, -0.2) is 33.1 Å². The van der Waals surface area contributed by atoms with Crippen molar-refractivity contribution in [1.29, 1.82) is 0 Å². The molecule has 20 heavy (non-hydrogen) atoms. The second kappa shape index (κ2) is 6.24. The predicted molar refractivity (Wildman–Crippen MR) is 83.4 cm³/mol. The third kappa shape index (κ3) is 3.05. The molecule has 0 aromatic carbocycles. The van der Waals surface area contributed by atoms with Gasteiger partial charge in [-0.2, -0.15) is 0 Å². The van der Waals surface area contributed by atoms with Gasteiger partial charge in [-0.1, -0.05) is 11.8 Å². The molecule has 7 heteroatoms. The molecule has 1 amide bonds. The normalized spacial score (nSPS) is 18.6.